The quantitative estimate of drug-likeness (QED) is 0.339. The van der Waals surface area contributed by atoms with Crippen LogP contribution in [0.1, 0.15) is 31.2 Å². The third-order valence-electron chi connectivity index (χ3n) is 5.90. The van der Waals surface area contributed by atoms with E-state index < -0.39 is 0 Å². The van der Waals surface area contributed by atoms with Gasteiger partial charge in [-0.25, -0.2) is 9.97 Å². The van der Waals surface area contributed by atoms with Gasteiger partial charge in [0.05, 0.1) is 35.8 Å². The van der Waals surface area contributed by atoms with Crippen molar-refractivity contribution in [3.8, 4) is 11.5 Å². The van der Waals surface area contributed by atoms with Crippen molar-refractivity contribution < 1.29 is 14.6 Å². The van der Waals surface area contributed by atoms with Crippen molar-refractivity contribution in [1.29, 1.82) is 0 Å². The Morgan fingerprint density at radius 1 is 1.24 bits per heavy atom. The summed E-state index contributed by atoms with van der Waals surface area (Å²) in [5, 5.41) is 21.9. The summed E-state index contributed by atoms with van der Waals surface area (Å²) in [7, 11) is 3.50. The van der Waals surface area contributed by atoms with Gasteiger partial charge in [-0.05, 0) is 36.6 Å². The number of thiazole rings is 1. The van der Waals surface area contributed by atoms with E-state index >= 15 is 0 Å². The lowest BCUT2D eigenvalue weighted by atomic mass is 9.93. The number of aliphatic hydroxyl groups excluding tert-OH is 1. The number of rotatable bonds is 8. The minimum Gasteiger partial charge on any atom is -0.494 e. The van der Waals surface area contributed by atoms with Crippen LogP contribution in [-0.4, -0.2) is 44.1 Å². The van der Waals surface area contributed by atoms with Gasteiger partial charge in [0.25, 0.3) is 0 Å². The van der Waals surface area contributed by atoms with Gasteiger partial charge in [0.1, 0.15) is 29.4 Å². The van der Waals surface area contributed by atoms with Gasteiger partial charge in [-0.3, -0.25) is 4.68 Å². The largest absolute Gasteiger partial charge is 0.494 e. The number of hydrogen-bond donors (Lipinski definition) is 3. The molecule has 5 rings (SSSR count). The Balaban J connectivity index is 1.29. The van der Waals surface area contributed by atoms with Gasteiger partial charge in [-0.2, -0.15) is 5.10 Å². The molecule has 3 N–H and O–H groups in total. The van der Waals surface area contributed by atoms with E-state index in [1.807, 2.05) is 37.5 Å². The lowest BCUT2D eigenvalue weighted by Crippen LogP contribution is -2.36. The summed E-state index contributed by atoms with van der Waals surface area (Å²) < 4.78 is 14.4. The summed E-state index contributed by atoms with van der Waals surface area (Å²) in [6, 6.07) is 7.75. The van der Waals surface area contributed by atoms with Crippen LogP contribution < -0.4 is 20.1 Å². The second-order valence-corrected chi connectivity index (χ2v) is 9.49. The Bertz CT molecular complexity index is 1270. The number of aryl methyl sites for hydroxylation is 1. The molecular weight excluding hydrogens is 452 g/mol. The number of anilines is 3. The maximum atomic E-state index is 10.3. The molecule has 9 nitrogen and oxygen atoms in total. The number of ether oxygens (including phenoxy) is 2. The average molecular weight is 481 g/mol. The molecule has 0 saturated heterocycles. The molecule has 0 aliphatic heterocycles. The van der Waals surface area contributed by atoms with Crippen LogP contribution in [0, 0.1) is 0 Å². The fourth-order valence-electron chi connectivity index (χ4n) is 4.15. The molecule has 34 heavy (non-hydrogen) atoms. The molecular formula is C24H28N6O3S. The topological polar surface area (TPSA) is 106 Å². The molecule has 0 bridgehead atoms. The summed E-state index contributed by atoms with van der Waals surface area (Å²) in [6.45, 7) is 0.386. The van der Waals surface area contributed by atoms with Crippen molar-refractivity contribution in [3.05, 3.63) is 48.4 Å². The monoisotopic (exact) mass is 480 g/mol. The van der Waals surface area contributed by atoms with Crippen molar-refractivity contribution in [2.24, 2.45) is 7.05 Å². The molecule has 178 valence electrons. The van der Waals surface area contributed by atoms with Gasteiger partial charge in [0.15, 0.2) is 5.13 Å². The third kappa shape index (κ3) is 5.07. The van der Waals surface area contributed by atoms with E-state index in [4.69, 9.17) is 14.5 Å². The lowest BCUT2D eigenvalue weighted by Gasteiger charge is -2.27. The van der Waals surface area contributed by atoms with Gasteiger partial charge >= 0.3 is 0 Å². The number of nitrogens with one attached hydrogen (secondary N) is 2. The first-order valence-corrected chi connectivity index (χ1v) is 12.2. The molecule has 3 heterocycles. The highest BCUT2D eigenvalue weighted by atomic mass is 32.1. The molecule has 0 amide bonds. The van der Waals surface area contributed by atoms with Gasteiger partial charge in [-0.15, -0.1) is 0 Å². The fraction of sp³-hybridized carbons (Fsp3) is 0.375. The zero-order valence-electron chi connectivity index (χ0n) is 19.2. The first-order valence-electron chi connectivity index (χ1n) is 11.3. The molecule has 1 aliphatic rings. The molecule has 1 aliphatic carbocycles. The van der Waals surface area contributed by atoms with Crippen LogP contribution in [-0.2, 0) is 13.7 Å². The van der Waals surface area contributed by atoms with Crippen LogP contribution in [0.15, 0.2) is 42.9 Å². The summed E-state index contributed by atoms with van der Waals surface area (Å²) in [4.78, 5) is 9.09. The molecule has 10 heteroatoms. The molecule has 0 spiro atoms. The Hall–Kier alpha value is -3.37. The molecule has 0 unspecified atom stereocenters. The highest BCUT2D eigenvalue weighted by Gasteiger charge is 2.24. The van der Waals surface area contributed by atoms with E-state index in [9.17, 15) is 5.11 Å². The van der Waals surface area contributed by atoms with E-state index in [2.05, 4.69) is 20.7 Å². The second-order valence-electron chi connectivity index (χ2n) is 8.46. The van der Waals surface area contributed by atoms with Crippen LogP contribution in [0.25, 0.3) is 10.2 Å². The number of methoxy groups -OCH3 is 1. The highest BCUT2D eigenvalue weighted by molar-refractivity contribution is 7.22. The number of fused-ring (bicyclic) bond motifs is 1. The van der Waals surface area contributed by atoms with E-state index in [1.54, 1.807) is 35.5 Å². The van der Waals surface area contributed by atoms with Gasteiger partial charge < -0.3 is 25.2 Å². The molecule has 3 aromatic heterocycles. The smallest absolute Gasteiger partial charge is 0.184 e. The number of benzene rings is 1. The maximum absolute atomic E-state index is 10.3. The predicted octanol–water partition coefficient (Wildman–Crippen LogP) is 4.47. The van der Waals surface area contributed by atoms with E-state index in [0.29, 0.717) is 18.1 Å². The zero-order valence-corrected chi connectivity index (χ0v) is 20.0. The van der Waals surface area contributed by atoms with Crippen molar-refractivity contribution in [3.63, 3.8) is 0 Å². The Labute approximate surface area is 201 Å². The van der Waals surface area contributed by atoms with E-state index in [1.165, 1.54) is 0 Å². The van der Waals surface area contributed by atoms with Crippen molar-refractivity contribution in [2.45, 2.75) is 44.4 Å². The summed E-state index contributed by atoms with van der Waals surface area (Å²) in [6.07, 6.45) is 9.03. The molecule has 0 radical (unpaired) electrons. The van der Waals surface area contributed by atoms with Gasteiger partial charge in [-0.1, -0.05) is 24.2 Å². The minimum atomic E-state index is -0.334. The average Bonchev–Trinajstić information content (AvgIpc) is 3.44. The number of aromatic nitrogens is 4. The van der Waals surface area contributed by atoms with Crippen LogP contribution >= 0.6 is 11.3 Å². The standard InChI is InChI=1S/C24H28N6O3S/c1-30-13-16(12-26-30)27-22-9-15(7-8-25-22)14-33-17-10-20(32-2)23-21(11-17)34-24(29-23)28-18-5-3-4-6-19(18)31/h7-13,18-19,31H,3-6,14H2,1-2H3,(H,25,27)(H,28,29)/t18-,19-/m0/s1. The Morgan fingerprint density at radius 3 is 2.91 bits per heavy atom. The molecule has 4 aromatic rings. The van der Waals surface area contributed by atoms with E-state index in [0.717, 1.165) is 58.1 Å². The number of pyridine rings is 1. The fourth-order valence-corrected chi connectivity index (χ4v) is 5.12. The normalized spacial score (nSPS) is 18.1. The molecule has 1 aromatic carbocycles. The van der Waals surface area contributed by atoms with Crippen LogP contribution in [0.5, 0.6) is 11.5 Å². The zero-order chi connectivity index (χ0) is 23.5. The maximum Gasteiger partial charge on any atom is 0.184 e. The second kappa shape index (κ2) is 9.86. The van der Waals surface area contributed by atoms with Crippen molar-refractivity contribution in [1.82, 2.24) is 19.7 Å². The lowest BCUT2D eigenvalue weighted by molar-refractivity contribution is 0.116. The molecule has 1 fully saturated rings. The van der Waals surface area contributed by atoms with Crippen molar-refractivity contribution >= 4 is 38.2 Å². The first kappa shape index (κ1) is 22.4. The van der Waals surface area contributed by atoms with Crippen LogP contribution in [0.3, 0.4) is 0 Å². The summed E-state index contributed by atoms with van der Waals surface area (Å²) in [5.74, 6) is 2.09. The predicted molar refractivity (Wildman–Crippen MR) is 133 cm³/mol. The third-order valence-corrected chi connectivity index (χ3v) is 6.83. The number of hydrogen-bond acceptors (Lipinski definition) is 9. The number of nitrogens with zero attached hydrogens (tertiary/aromatic N) is 4. The Kier molecular flexibility index (Phi) is 6.50. The van der Waals surface area contributed by atoms with Crippen LogP contribution in [0.4, 0.5) is 16.6 Å². The molecule has 1 saturated carbocycles. The Morgan fingerprint density at radius 2 is 2.12 bits per heavy atom. The highest BCUT2D eigenvalue weighted by Crippen LogP contribution is 2.37. The SMILES string of the molecule is COc1cc(OCc2ccnc(Nc3cnn(C)c3)c2)cc2sc(N[C@H]3CCCC[C@@H]3O)nc12. The summed E-state index contributed by atoms with van der Waals surface area (Å²) in [5.41, 5.74) is 2.65. The van der Waals surface area contributed by atoms with Crippen LogP contribution in [0.2, 0.25) is 0 Å². The van der Waals surface area contributed by atoms with Gasteiger partial charge in [0, 0.05) is 25.5 Å². The summed E-state index contributed by atoms with van der Waals surface area (Å²) >= 11 is 1.54. The minimum absolute atomic E-state index is 0.0391. The first-order chi connectivity index (χ1) is 16.6. The van der Waals surface area contributed by atoms with E-state index in [-0.39, 0.29) is 12.1 Å². The number of aliphatic hydroxyl groups is 1. The van der Waals surface area contributed by atoms with Crippen molar-refractivity contribution in [2.75, 3.05) is 17.7 Å². The van der Waals surface area contributed by atoms with Gasteiger partial charge in [0.2, 0.25) is 0 Å². The molecule has 2 atom stereocenters.